The second-order valence-corrected chi connectivity index (χ2v) is 16.9. The monoisotopic (exact) mass is 885 g/mol. The van der Waals surface area contributed by atoms with Gasteiger partial charge in [0, 0.05) is 57.4 Å². The van der Waals surface area contributed by atoms with Gasteiger partial charge in [0.25, 0.3) is 0 Å². The van der Waals surface area contributed by atoms with Crippen LogP contribution in [0.4, 0.5) is 0 Å². The Labute approximate surface area is 376 Å². The predicted octanol–water partition coefficient (Wildman–Crippen LogP) is 1.80. The highest BCUT2D eigenvalue weighted by molar-refractivity contribution is 6.00. The number of aromatic nitrogens is 2. The lowest BCUT2D eigenvalue weighted by atomic mass is 9.98. The minimum absolute atomic E-state index is 0.00468. The molecule has 7 amide bonds. The smallest absolute Gasteiger partial charge is 0.329 e. The first-order valence-electron chi connectivity index (χ1n) is 22.2. The maximum Gasteiger partial charge on any atom is 0.329 e. The zero-order valence-corrected chi connectivity index (χ0v) is 36.4. The van der Waals surface area contributed by atoms with Crippen LogP contribution in [0.2, 0.25) is 0 Å². The lowest BCUT2D eigenvalue weighted by Crippen LogP contribution is -2.60. The number of hydrogen-bond donors (Lipinski definition) is 5. The van der Waals surface area contributed by atoms with Gasteiger partial charge in [-0.05, 0) is 74.3 Å². The molecule has 3 fully saturated rings. The molecule has 1 aromatic heterocycles. The van der Waals surface area contributed by atoms with Gasteiger partial charge in [0.05, 0.1) is 17.1 Å². The maximum atomic E-state index is 14.0. The van der Waals surface area contributed by atoms with Crippen molar-refractivity contribution in [2.45, 2.75) is 107 Å². The Balaban J connectivity index is 0.918. The molecule has 65 heavy (non-hydrogen) atoms. The van der Waals surface area contributed by atoms with E-state index in [1.807, 2.05) is 60.7 Å². The van der Waals surface area contributed by atoms with Crippen molar-refractivity contribution in [1.82, 2.24) is 34.9 Å². The number of imidazole rings is 1. The van der Waals surface area contributed by atoms with E-state index in [4.69, 9.17) is 11.5 Å². The van der Waals surface area contributed by atoms with Crippen molar-refractivity contribution in [1.29, 1.82) is 0 Å². The van der Waals surface area contributed by atoms with Crippen molar-refractivity contribution < 1.29 is 33.6 Å². The summed E-state index contributed by atoms with van der Waals surface area (Å²) in [5.74, 6) is 3.19. The molecular weight excluding hydrogens is 831 g/mol. The Morgan fingerprint density at radius 3 is 2.23 bits per heavy atom. The van der Waals surface area contributed by atoms with Crippen LogP contribution < -0.4 is 33.1 Å². The zero-order chi connectivity index (χ0) is 46.2. The second-order valence-electron chi connectivity index (χ2n) is 16.9. The Bertz CT molecular complexity index is 2540. The molecule has 0 bridgehead atoms. The number of nitrogens with zero attached hydrogens (tertiary/aromatic N) is 4. The van der Waals surface area contributed by atoms with Gasteiger partial charge >= 0.3 is 5.69 Å². The van der Waals surface area contributed by atoms with Gasteiger partial charge in [-0.25, -0.2) is 4.79 Å². The third-order valence-corrected chi connectivity index (χ3v) is 12.5. The molecule has 5 atom stereocenters. The van der Waals surface area contributed by atoms with Crippen molar-refractivity contribution >= 4 is 52.4 Å². The van der Waals surface area contributed by atoms with Crippen molar-refractivity contribution in [3.05, 3.63) is 106 Å². The highest BCUT2D eigenvalue weighted by Crippen LogP contribution is 2.30. The summed E-state index contributed by atoms with van der Waals surface area (Å²) in [6, 6.07) is 19.4. The molecular formula is C48H55N9O8. The van der Waals surface area contributed by atoms with Crippen LogP contribution in [0.3, 0.4) is 0 Å². The molecule has 0 saturated carbocycles. The number of nitrogens with two attached hydrogens (primary N) is 2. The van der Waals surface area contributed by atoms with Crippen molar-refractivity contribution in [3.63, 3.8) is 0 Å². The number of benzene rings is 3. The highest BCUT2D eigenvalue weighted by atomic mass is 16.2. The molecule has 0 radical (unpaired) electrons. The van der Waals surface area contributed by atoms with Crippen LogP contribution in [-0.4, -0.2) is 97.5 Å². The van der Waals surface area contributed by atoms with E-state index in [2.05, 4.69) is 27.8 Å². The first-order chi connectivity index (χ1) is 31.3. The predicted molar refractivity (Wildman–Crippen MR) is 240 cm³/mol. The van der Waals surface area contributed by atoms with E-state index in [1.165, 1.54) is 14.0 Å². The molecule has 3 aromatic carbocycles. The molecule has 0 spiro atoms. The fourth-order valence-electron chi connectivity index (χ4n) is 9.09. The van der Waals surface area contributed by atoms with Crippen LogP contribution in [0.1, 0.15) is 99.4 Å². The number of unbranched alkanes of at least 4 members (excludes halogenated alkanes) is 2. The number of aryl methyl sites for hydroxylation is 1. The van der Waals surface area contributed by atoms with Gasteiger partial charge in [-0.3, -0.25) is 48.0 Å². The quantitative estimate of drug-likeness (QED) is 0.0704. The van der Waals surface area contributed by atoms with E-state index < -0.39 is 59.7 Å². The molecule has 4 aromatic rings. The number of hydrogen-bond acceptors (Lipinski definition) is 9. The Kier molecular flexibility index (Phi) is 14.6. The molecule has 17 nitrogen and oxygen atoms in total. The Morgan fingerprint density at radius 2 is 1.55 bits per heavy atom. The lowest BCUT2D eigenvalue weighted by Gasteiger charge is -2.37. The fraction of sp³-hybridized carbons (Fsp3) is 0.417. The topological polar surface area (TPSA) is 241 Å². The summed E-state index contributed by atoms with van der Waals surface area (Å²) < 4.78 is 2.88. The molecule has 3 saturated heterocycles. The van der Waals surface area contributed by atoms with E-state index in [9.17, 15) is 38.4 Å². The second kappa shape index (κ2) is 20.6. The minimum Gasteiger partial charge on any atom is -0.370 e. The van der Waals surface area contributed by atoms with Crippen LogP contribution in [0, 0.1) is 11.8 Å². The number of fused-ring (bicyclic) bond motifs is 2. The summed E-state index contributed by atoms with van der Waals surface area (Å²) in [6.45, 7) is 0.352. The fourth-order valence-corrected chi connectivity index (χ4v) is 9.09. The van der Waals surface area contributed by atoms with Crippen molar-refractivity contribution in [2.75, 3.05) is 13.1 Å². The molecule has 7 rings (SSSR count). The van der Waals surface area contributed by atoms with Crippen LogP contribution in [0.25, 0.3) is 11.0 Å². The number of rotatable bonds is 14. The normalized spacial score (nSPS) is 20.3. The molecule has 4 heterocycles. The Morgan fingerprint density at radius 1 is 0.846 bits per heavy atom. The van der Waals surface area contributed by atoms with Crippen LogP contribution in [0.5, 0.6) is 0 Å². The molecule has 0 aliphatic carbocycles. The number of carbonyl (C=O) groups excluding carboxylic acids is 7. The van der Waals surface area contributed by atoms with Crippen LogP contribution >= 0.6 is 0 Å². The van der Waals surface area contributed by atoms with Crippen molar-refractivity contribution in [3.8, 4) is 11.8 Å². The standard InChI is InChI=1S/C48H55N9O8/c1-54-39-28-30(18-21-36(39)57(48(54)65)38-23-25-41(59)52-46(38)63)12-6-2-3-11-17-42(60)55-27-26-33-19-22-37(56(33)47(64)34(49)29-55)45(62)51-35(20-24-40(50)58)44(61)53-43(31-13-7-4-8-14-31)32-15-9-5-10-16-32/h4-5,7-10,13-16,18,21,28,33-35,37-38,43H,2-3,11,17,19-20,22-27,29,49H2,1H3,(H2,50,58)(H,51,62)(H,53,61)(H,52,59,63)/t33-,34+,35+,37+,38?/m1/s1. The number of carbonyl (C=O) groups is 7. The summed E-state index contributed by atoms with van der Waals surface area (Å²) in [4.78, 5) is 107. The molecule has 3 aliphatic heterocycles. The van der Waals surface area contributed by atoms with Gasteiger partial charge in [0.2, 0.25) is 41.4 Å². The van der Waals surface area contributed by atoms with E-state index in [-0.39, 0.29) is 62.2 Å². The third kappa shape index (κ3) is 10.7. The number of imide groups is 1. The molecule has 340 valence electrons. The third-order valence-electron chi connectivity index (χ3n) is 12.5. The highest BCUT2D eigenvalue weighted by Gasteiger charge is 2.45. The number of nitrogens with one attached hydrogen (secondary N) is 3. The SMILES string of the molecule is Cn1c(=O)n(C2CCC(=O)NC2=O)c2ccc(C#CCCCCC(=O)N3CC[C@H]4CC[C@@H](C(=O)N[C@@H](CCC(N)=O)C(=O)NC(c5ccccc5)c5ccccc5)N4C(=O)[C@@H](N)C3)cc21. The summed E-state index contributed by atoms with van der Waals surface area (Å²) in [5, 5.41) is 8.18. The van der Waals surface area contributed by atoms with Gasteiger partial charge in [0.1, 0.15) is 24.2 Å². The largest absolute Gasteiger partial charge is 0.370 e. The first kappa shape index (κ1) is 45.9. The van der Waals surface area contributed by atoms with E-state index in [1.54, 1.807) is 30.1 Å². The summed E-state index contributed by atoms with van der Waals surface area (Å²) >= 11 is 0. The van der Waals surface area contributed by atoms with Gasteiger partial charge < -0.3 is 31.9 Å². The van der Waals surface area contributed by atoms with Crippen molar-refractivity contribution in [2.24, 2.45) is 18.5 Å². The molecule has 1 unspecified atom stereocenters. The number of amides is 7. The van der Waals surface area contributed by atoms with E-state index in [0.717, 1.165) is 11.1 Å². The molecule has 3 aliphatic rings. The number of piperidine rings is 1. The first-order valence-corrected chi connectivity index (χ1v) is 22.2. The van der Waals surface area contributed by atoms with Crippen LogP contribution in [-0.2, 0) is 40.6 Å². The Hall–Kier alpha value is -7.06. The number of primary amides is 1. The lowest BCUT2D eigenvalue weighted by molar-refractivity contribution is -0.145. The van der Waals surface area contributed by atoms with Gasteiger partial charge in [0.15, 0.2) is 0 Å². The van der Waals surface area contributed by atoms with E-state index in [0.29, 0.717) is 61.7 Å². The summed E-state index contributed by atoms with van der Waals surface area (Å²) in [7, 11) is 1.63. The van der Waals surface area contributed by atoms with Gasteiger partial charge in [-0.2, -0.15) is 0 Å². The maximum absolute atomic E-state index is 14.0. The summed E-state index contributed by atoms with van der Waals surface area (Å²) in [6.07, 6.45) is 3.49. The van der Waals surface area contributed by atoms with Crippen LogP contribution in [0.15, 0.2) is 83.7 Å². The molecule has 7 N–H and O–H groups in total. The molecule has 17 heteroatoms. The zero-order valence-electron chi connectivity index (χ0n) is 36.4. The van der Waals surface area contributed by atoms with Gasteiger partial charge in [-0.15, -0.1) is 0 Å². The average Bonchev–Trinajstić information content (AvgIpc) is 3.83. The minimum atomic E-state index is -1.12. The van der Waals surface area contributed by atoms with E-state index >= 15 is 0 Å². The average molecular weight is 886 g/mol. The summed E-state index contributed by atoms with van der Waals surface area (Å²) in [5.41, 5.74) is 15.1. The van der Waals surface area contributed by atoms with Gasteiger partial charge in [-0.1, -0.05) is 72.5 Å².